The van der Waals surface area contributed by atoms with Crippen LogP contribution in [-0.2, 0) is 19.8 Å². The number of aliphatic carboxylic acids is 1. The molecular weight excluding hydrogens is 336 g/mol. The molecular formula is C19H24N2O5. The molecule has 0 unspecified atom stereocenters. The molecule has 1 heterocycles. The number of methoxy groups -OCH3 is 1. The van der Waals surface area contributed by atoms with Crippen molar-refractivity contribution < 1.29 is 24.2 Å². The molecule has 0 bridgehead atoms. The highest BCUT2D eigenvalue weighted by molar-refractivity contribution is 5.96. The van der Waals surface area contributed by atoms with Gasteiger partial charge >= 0.3 is 5.97 Å². The van der Waals surface area contributed by atoms with Crippen LogP contribution in [0.5, 0.6) is 5.75 Å². The van der Waals surface area contributed by atoms with Crippen LogP contribution >= 0.6 is 0 Å². The Bertz CT molecular complexity index is 743. The second-order valence-corrected chi connectivity index (χ2v) is 7.63. The maximum absolute atomic E-state index is 13.3. The van der Waals surface area contributed by atoms with Crippen LogP contribution in [0, 0.1) is 5.41 Å². The lowest BCUT2D eigenvalue weighted by atomic mass is 9.86. The summed E-state index contributed by atoms with van der Waals surface area (Å²) in [7, 11) is 1.60. The first kappa shape index (κ1) is 18.2. The third-order valence-electron chi connectivity index (χ3n) is 5.62. The fourth-order valence-corrected chi connectivity index (χ4v) is 3.96. The number of piperazine rings is 1. The van der Waals surface area contributed by atoms with E-state index in [1.54, 1.807) is 12.0 Å². The average molecular weight is 360 g/mol. The molecule has 2 fully saturated rings. The van der Waals surface area contributed by atoms with Gasteiger partial charge in [-0.25, -0.2) is 0 Å². The third kappa shape index (κ3) is 2.91. The molecule has 1 aliphatic heterocycles. The van der Waals surface area contributed by atoms with Gasteiger partial charge in [-0.05, 0) is 29.5 Å². The Hall–Kier alpha value is -2.57. The van der Waals surface area contributed by atoms with Crippen molar-refractivity contribution in [1.29, 1.82) is 0 Å². The first-order chi connectivity index (χ1) is 12.2. The van der Waals surface area contributed by atoms with E-state index in [0.717, 1.165) is 11.3 Å². The molecule has 7 heteroatoms. The van der Waals surface area contributed by atoms with Crippen LogP contribution in [0.15, 0.2) is 24.3 Å². The summed E-state index contributed by atoms with van der Waals surface area (Å²) in [6.07, 6.45) is 0.717. The number of hydrogen-bond donors (Lipinski definition) is 1. The predicted molar refractivity (Wildman–Crippen MR) is 93.9 cm³/mol. The van der Waals surface area contributed by atoms with Gasteiger partial charge in [-0.2, -0.15) is 0 Å². The summed E-state index contributed by atoms with van der Waals surface area (Å²) in [6, 6.07) is 7.51. The smallest absolute Gasteiger partial charge is 0.323 e. The molecule has 7 nitrogen and oxygen atoms in total. The Morgan fingerprint density at radius 1 is 1.19 bits per heavy atom. The zero-order valence-corrected chi connectivity index (χ0v) is 15.3. The Labute approximate surface area is 152 Å². The maximum Gasteiger partial charge on any atom is 0.323 e. The molecule has 3 rings (SSSR count). The van der Waals surface area contributed by atoms with E-state index < -0.39 is 11.4 Å². The number of carbonyl (C=O) groups is 3. The predicted octanol–water partition coefficient (Wildman–Crippen LogP) is 1.12. The van der Waals surface area contributed by atoms with Gasteiger partial charge in [0.05, 0.1) is 19.1 Å². The van der Waals surface area contributed by atoms with Crippen molar-refractivity contribution in [2.45, 2.75) is 25.7 Å². The first-order valence-electron chi connectivity index (χ1n) is 8.65. The molecule has 1 N–H and O–H groups in total. The van der Waals surface area contributed by atoms with E-state index in [-0.39, 0.29) is 36.9 Å². The molecule has 0 spiro atoms. The van der Waals surface area contributed by atoms with Crippen LogP contribution in [0.2, 0.25) is 0 Å². The SMILES string of the molecule is COc1ccc([C@]2(C(=O)N3CCN(CC(=O)O)C(=O)C3)CC2(C)C)cc1. The van der Waals surface area contributed by atoms with Crippen molar-refractivity contribution in [3.05, 3.63) is 29.8 Å². The van der Waals surface area contributed by atoms with Crippen LogP contribution in [0.3, 0.4) is 0 Å². The molecule has 2 amide bonds. The van der Waals surface area contributed by atoms with E-state index in [2.05, 4.69) is 13.8 Å². The zero-order chi connectivity index (χ0) is 19.1. The molecule has 140 valence electrons. The summed E-state index contributed by atoms with van der Waals surface area (Å²) in [4.78, 5) is 39.2. The minimum Gasteiger partial charge on any atom is -0.497 e. The standard InChI is InChI=1S/C19H24N2O5/c1-18(2)12-19(18,13-4-6-14(26-3)7-5-13)17(25)21-9-8-20(11-16(23)24)15(22)10-21/h4-7H,8-12H2,1-3H3,(H,23,24)/t19-/m0/s1. The Kier molecular flexibility index (Phi) is 4.42. The number of carbonyl (C=O) groups excluding carboxylic acids is 2. The van der Waals surface area contributed by atoms with Crippen LogP contribution in [0.1, 0.15) is 25.8 Å². The molecule has 1 saturated heterocycles. The van der Waals surface area contributed by atoms with Crippen LogP contribution < -0.4 is 4.74 Å². The Morgan fingerprint density at radius 3 is 2.27 bits per heavy atom. The van der Waals surface area contributed by atoms with Crippen LogP contribution in [0.4, 0.5) is 0 Å². The number of benzene rings is 1. The molecule has 1 atom stereocenters. The average Bonchev–Trinajstić information content (AvgIpc) is 3.19. The molecule has 1 aromatic carbocycles. The van der Waals surface area contributed by atoms with Crippen molar-refractivity contribution >= 4 is 17.8 Å². The lowest BCUT2D eigenvalue weighted by Crippen LogP contribution is -2.55. The third-order valence-corrected chi connectivity index (χ3v) is 5.62. The molecule has 26 heavy (non-hydrogen) atoms. The Balaban J connectivity index is 1.80. The van der Waals surface area contributed by atoms with E-state index in [0.29, 0.717) is 13.0 Å². The number of carboxylic acids is 1. The van der Waals surface area contributed by atoms with Crippen molar-refractivity contribution in [3.63, 3.8) is 0 Å². The summed E-state index contributed by atoms with van der Waals surface area (Å²) in [5.41, 5.74) is 0.0859. The van der Waals surface area contributed by atoms with Crippen molar-refractivity contribution in [2.24, 2.45) is 5.41 Å². The summed E-state index contributed by atoms with van der Waals surface area (Å²) in [5, 5.41) is 8.87. The summed E-state index contributed by atoms with van der Waals surface area (Å²) in [5.74, 6) is -0.699. The first-order valence-corrected chi connectivity index (χ1v) is 8.65. The highest BCUT2D eigenvalue weighted by Crippen LogP contribution is 2.65. The van der Waals surface area contributed by atoms with Crippen molar-refractivity contribution in [3.8, 4) is 5.75 Å². The van der Waals surface area contributed by atoms with Crippen LogP contribution in [-0.4, -0.2) is 66.0 Å². The largest absolute Gasteiger partial charge is 0.497 e. The fraction of sp³-hybridized carbons (Fsp3) is 0.526. The molecule has 1 aromatic rings. The molecule has 0 radical (unpaired) electrons. The van der Waals surface area contributed by atoms with Crippen LogP contribution in [0.25, 0.3) is 0 Å². The van der Waals surface area contributed by atoms with Crippen molar-refractivity contribution in [1.82, 2.24) is 9.80 Å². The van der Waals surface area contributed by atoms with Gasteiger partial charge in [0.1, 0.15) is 12.3 Å². The second kappa shape index (κ2) is 6.30. The number of carboxylic acid groups (broad SMARTS) is 1. The lowest BCUT2D eigenvalue weighted by molar-refractivity contribution is -0.151. The van der Waals surface area contributed by atoms with Gasteiger partial charge in [-0.1, -0.05) is 26.0 Å². The summed E-state index contributed by atoms with van der Waals surface area (Å²) in [6.45, 7) is 4.31. The topological polar surface area (TPSA) is 87.2 Å². The van der Waals surface area contributed by atoms with Gasteiger partial charge < -0.3 is 19.6 Å². The normalized spacial score (nSPS) is 24.3. The summed E-state index contributed by atoms with van der Waals surface area (Å²) < 4.78 is 5.20. The van der Waals surface area contributed by atoms with Gasteiger partial charge in [0.15, 0.2) is 0 Å². The highest BCUT2D eigenvalue weighted by Gasteiger charge is 2.68. The number of hydrogen-bond acceptors (Lipinski definition) is 4. The zero-order valence-electron chi connectivity index (χ0n) is 15.3. The van der Waals surface area contributed by atoms with E-state index >= 15 is 0 Å². The fourth-order valence-electron chi connectivity index (χ4n) is 3.96. The Morgan fingerprint density at radius 2 is 1.81 bits per heavy atom. The highest BCUT2D eigenvalue weighted by atomic mass is 16.5. The molecule has 1 saturated carbocycles. The quantitative estimate of drug-likeness (QED) is 0.850. The molecule has 2 aliphatic rings. The van der Waals surface area contributed by atoms with E-state index in [4.69, 9.17) is 9.84 Å². The lowest BCUT2D eigenvalue weighted by Gasteiger charge is -2.36. The minimum atomic E-state index is -1.05. The number of rotatable bonds is 5. The van der Waals surface area contributed by atoms with E-state index in [9.17, 15) is 14.4 Å². The van der Waals surface area contributed by atoms with Crippen molar-refractivity contribution in [2.75, 3.05) is 33.3 Å². The van der Waals surface area contributed by atoms with E-state index in [1.165, 1.54) is 4.90 Å². The molecule has 1 aliphatic carbocycles. The van der Waals surface area contributed by atoms with Gasteiger partial charge in [0.25, 0.3) is 0 Å². The van der Waals surface area contributed by atoms with Gasteiger partial charge in [-0.15, -0.1) is 0 Å². The summed E-state index contributed by atoms with van der Waals surface area (Å²) >= 11 is 0. The monoisotopic (exact) mass is 360 g/mol. The van der Waals surface area contributed by atoms with Gasteiger partial charge in [0.2, 0.25) is 11.8 Å². The minimum absolute atomic E-state index is 0.0593. The van der Waals surface area contributed by atoms with E-state index in [1.807, 2.05) is 24.3 Å². The maximum atomic E-state index is 13.3. The van der Waals surface area contributed by atoms with Gasteiger partial charge in [-0.3, -0.25) is 14.4 Å². The molecule has 0 aromatic heterocycles. The van der Waals surface area contributed by atoms with Gasteiger partial charge in [0, 0.05) is 13.1 Å². The number of nitrogens with zero attached hydrogens (tertiary/aromatic N) is 2. The second-order valence-electron chi connectivity index (χ2n) is 7.63. The number of ether oxygens (including phenoxy) is 1. The number of amides is 2.